The summed E-state index contributed by atoms with van der Waals surface area (Å²) >= 11 is 0. The van der Waals surface area contributed by atoms with Crippen molar-refractivity contribution in [2.24, 2.45) is 0 Å². The molecular weight excluding hydrogens is 281 g/mol. The first-order chi connectivity index (χ1) is 9.90. The molecule has 0 fully saturated rings. The van der Waals surface area contributed by atoms with Gasteiger partial charge < -0.3 is 9.84 Å². The van der Waals surface area contributed by atoms with Gasteiger partial charge in [0.05, 0.1) is 10.5 Å². The van der Waals surface area contributed by atoms with E-state index in [0.29, 0.717) is 5.56 Å². The first-order valence-electron chi connectivity index (χ1n) is 5.85. The van der Waals surface area contributed by atoms with E-state index >= 15 is 0 Å². The van der Waals surface area contributed by atoms with Gasteiger partial charge in [-0.15, -0.1) is 0 Å². The van der Waals surface area contributed by atoms with Gasteiger partial charge in [0, 0.05) is 5.56 Å². The summed E-state index contributed by atoms with van der Waals surface area (Å²) in [4.78, 5) is 21.1. The minimum Gasteiger partial charge on any atom is -0.478 e. The largest absolute Gasteiger partial charge is 0.478 e. The number of benzene rings is 2. The number of hydrogen-bond acceptors (Lipinski definition) is 4. The molecule has 0 aliphatic carbocycles. The summed E-state index contributed by atoms with van der Waals surface area (Å²) in [5.41, 5.74) is -0.127. The predicted octanol–water partition coefficient (Wildman–Crippen LogP) is 3.53. The van der Waals surface area contributed by atoms with Crippen LogP contribution in [0.15, 0.2) is 36.4 Å². The molecule has 1 N–H and O–H groups in total. The quantitative estimate of drug-likeness (QED) is 0.687. The number of hydrogen-bond donors (Lipinski definition) is 1. The Bertz CT molecular complexity index is 729. The second-order valence-electron chi connectivity index (χ2n) is 4.23. The summed E-state index contributed by atoms with van der Waals surface area (Å²) in [7, 11) is 0. The van der Waals surface area contributed by atoms with E-state index in [1.165, 1.54) is 19.1 Å². The number of ether oxygens (including phenoxy) is 1. The van der Waals surface area contributed by atoms with Gasteiger partial charge in [-0.2, -0.15) is 0 Å². The number of carboxylic acids is 1. The van der Waals surface area contributed by atoms with Gasteiger partial charge in [0.2, 0.25) is 5.75 Å². The van der Waals surface area contributed by atoms with Crippen molar-refractivity contribution in [2.45, 2.75) is 6.92 Å². The highest BCUT2D eigenvalue weighted by Crippen LogP contribution is 2.34. The molecule has 0 bridgehead atoms. The average molecular weight is 291 g/mol. The second-order valence-corrected chi connectivity index (χ2v) is 4.23. The highest BCUT2D eigenvalue weighted by molar-refractivity contribution is 5.87. The lowest BCUT2D eigenvalue weighted by Crippen LogP contribution is -2.00. The summed E-state index contributed by atoms with van der Waals surface area (Å²) in [5, 5.41) is 19.8. The molecule has 0 atom stereocenters. The molecule has 6 nitrogen and oxygen atoms in total. The summed E-state index contributed by atoms with van der Waals surface area (Å²) in [6.45, 7) is 1.54. The lowest BCUT2D eigenvalue weighted by molar-refractivity contribution is -0.386. The van der Waals surface area contributed by atoms with Gasteiger partial charge in [-0.3, -0.25) is 10.1 Å². The average Bonchev–Trinajstić information content (AvgIpc) is 2.40. The number of nitro benzene ring substituents is 1. The Hall–Kier alpha value is -2.96. The Kier molecular flexibility index (Phi) is 3.84. The van der Waals surface area contributed by atoms with Crippen molar-refractivity contribution in [3.05, 3.63) is 63.5 Å². The maximum Gasteiger partial charge on any atom is 0.335 e. The second kappa shape index (κ2) is 5.58. The smallest absolute Gasteiger partial charge is 0.335 e. The number of carboxylic acid groups (broad SMARTS) is 1. The fourth-order valence-corrected chi connectivity index (χ4v) is 1.78. The first-order valence-corrected chi connectivity index (χ1v) is 5.85. The van der Waals surface area contributed by atoms with Gasteiger partial charge in [-0.25, -0.2) is 9.18 Å². The van der Waals surface area contributed by atoms with Gasteiger partial charge in [0.15, 0.2) is 11.6 Å². The third kappa shape index (κ3) is 2.97. The molecule has 0 spiro atoms. The van der Waals surface area contributed by atoms with Gasteiger partial charge in [-0.1, -0.05) is 12.1 Å². The van der Waals surface area contributed by atoms with Gasteiger partial charge in [0.1, 0.15) is 0 Å². The topological polar surface area (TPSA) is 89.7 Å². The van der Waals surface area contributed by atoms with E-state index in [2.05, 4.69) is 0 Å². The molecule has 2 rings (SSSR count). The van der Waals surface area contributed by atoms with Crippen LogP contribution in [0.5, 0.6) is 11.5 Å². The van der Waals surface area contributed by atoms with Crippen LogP contribution in [-0.2, 0) is 0 Å². The van der Waals surface area contributed by atoms with E-state index < -0.39 is 16.7 Å². The van der Waals surface area contributed by atoms with Crippen molar-refractivity contribution < 1.29 is 24.0 Å². The fraction of sp³-hybridized carbons (Fsp3) is 0.0714. The van der Waals surface area contributed by atoms with Gasteiger partial charge >= 0.3 is 11.7 Å². The van der Waals surface area contributed by atoms with Crippen LogP contribution in [0, 0.1) is 22.9 Å². The third-order valence-corrected chi connectivity index (χ3v) is 2.78. The molecule has 0 radical (unpaired) electrons. The molecule has 108 valence electrons. The molecule has 0 unspecified atom stereocenters. The Morgan fingerprint density at radius 2 is 2.00 bits per heavy atom. The molecule has 7 heteroatoms. The van der Waals surface area contributed by atoms with E-state index in [1.54, 1.807) is 6.07 Å². The Balaban J connectivity index is 2.42. The van der Waals surface area contributed by atoms with Crippen molar-refractivity contribution >= 4 is 11.7 Å². The summed E-state index contributed by atoms with van der Waals surface area (Å²) in [6, 6.07) is 7.48. The first kappa shape index (κ1) is 14.4. The van der Waals surface area contributed by atoms with Crippen LogP contribution in [0.1, 0.15) is 15.9 Å². The van der Waals surface area contributed by atoms with E-state index in [9.17, 15) is 19.3 Å². The van der Waals surface area contributed by atoms with Crippen molar-refractivity contribution in [1.82, 2.24) is 0 Å². The van der Waals surface area contributed by atoms with Crippen LogP contribution in [0.2, 0.25) is 0 Å². The number of aromatic carboxylic acids is 1. The van der Waals surface area contributed by atoms with Crippen molar-refractivity contribution in [3.63, 3.8) is 0 Å². The summed E-state index contributed by atoms with van der Waals surface area (Å²) < 4.78 is 19.0. The fourth-order valence-electron chi connectivity index (χ4n) is 1.78. The number of halogens is 1. The van der Waals surface area contributed by atoms with E-state index in [-0.39, 0.29) is 22.7 Å². The number of nitrogens with zero attached hydrogens (tertiary/aromatic N) is 1. The zero-order valence-corrected chi connectivity index (χ0v) is 10.9. The standard InChI is InChI=1S/C14H10FNO5/c1-8-3-2-4-12(13(8)16(19)20)21-11-6-5-9(14(17)18)7-10(11)15/h2-7H,1H3,(H,17,18). The predicted molar refractivity (Wildman–Crippen MR) is 71.3 cm³/mol. The minimum absolute atomic E-state index is 0.109. The van der Waals surface area contributed by atoms with E-state index in [1.807, 2.05) is 0 Å². The Labute approximate surface area is 118 Å². The van der Waals surface area contributed by atoms with Crippen LogP contribution < -0.4 is 4.74 Å². The van der Waals surface area contributed by atoms with Crippen LogP contribution in [0.25, 0.3) is 0 Å². The molecular formula is C14H10FNO5. The molecule has 0 aliphatic rings. The SMILES string of the molecule is Cc1cccc(Oc2ccc(C(=O)O)cc2F)c1[N+](=O)[O-]. The van der Waals surface area contributed by atoms with Crippen LogP contribution in [-0.4, -0.2) is 16.0 Å². The molecule has 0 saturated heterocycles. The number of rotatable bonds is 4. The number of nitro groups is 1. The van der Waals surface area contributed by atoms with Crippen molar-refractivity contribution in [1.29, 1.82) is 0 Å². The van der Waals surface area contributed by atoms with Crippen LogP contribution >= 0.6 is 0 Å². The number of aryl methyl sites for hydroxylation is 1. The van der Waals surface area contributed by atoms with Crippen molar-refractivity contribution in [3.8, 4) is 11.5 Å². The lowest BCUT2D eigenvalue weighted by Gasteiger charge is -2.09. The molecule has 2 aromatic carbocycles. The molecule has 0 amide bonds. The number of para-hydroxylation sites is 1. The summed E-state index contributed by atoms with van der Waals surface area (Å²) in [6.07, 6.45) is 0. The molecule has 0 aliphatic heterocycles. The van der Waals surface area contributed by atoms with Crippen molar-refractivity contribution in [2.75, 3.05) is 0 Å². The highest BCUT2D eigenvalue weighted by atomic mass is 19.1. The number of carbonyl (C=O) groups is 1. The van der Waals surface area contributed by atoms with Crippen LogP contribution in [0.4, 0.5) is 10.1 Å². The van der Waals surface area contributed by atoms with Gasteiger partial charge in [0.25, 0.3) is 0 Å². The van der Waals surface area contributed by atoms with E-state index in [0.717, 1.165) is 18.2 Å². The molecule has 0 heterocycles. The minimum atomic E-state index is -1.28. The Morgan fingerprint density at radius 3 is 2.57 bits per heavy atom. The normalized spacial score (nSPS) is 10.2. The monoisotopic (exact) mass is 291 g/mol. The lowest BCUT2D eigenvalue weighted by atomic mass is 10.2. The highest BCUT2D eigenvalue weighted by Gasteiger charge is 2.20. The molecule has 0 saturated carbocycles. The molecule has 2 aromatic rings. The maximum atomic E-state index is 13.8. The summed E-state index contributed by atoms with van der Waals surface area (Å²) in [5.74, 6) is -2.58. The zero-order chi connectivity index (χ0) is 15.6. The third-order valence-electron chi connectivity index (χ3n) is 2.78. The molecule has 21 heavy (non-hydrogen) atoms. The van der Waals surface area contributed by atoms with Crippen LogP contribution in [0.3, 0.4) is 0 Å². The molecule has 0 aromatic heterocycles. The Morgan fingerprint density at radius 1 is 1.29 bits per heavy atom. The van der Waals surface area contributed by atoms with Gasteiger partial charge in [-0.05, 0) is 31.2 Å². The maximum absolute atomic E-state index is 13.8. The van der Waals surface area contributed by atoms with E-state index in [4.69, 9.17) is 9.84 Å². The zero-order valence-electron chi connectivity index (χ0n) is 10.9.